The van der Waals surface area contributed by atoms with Crippen molar-refractivity contribution in [3.8, 4) is 34.1 Å². The third-order valence-electron chi connectivity index (χ3n) is 7.49. The van der Waals surface area contributed by atoms with Crippen molar-refractivity contribution in [2.75, 3.05) is 20.3 Å². The molecule has 0 radical (unpaired) electrons. The van der Waals surface area contributed by atoms with E-state index in [9.17, 15) is 32.3 Å². The lowest BCUT2D eigenvalue weighted by atomic mass is 9.81. The lowest BCUT2D eigenvalue weighted by Crippen LogP contribution is -2.51. The number of ether oxygens (including phenoxy) is 2. The quantitative estimate of drug-likeness (QED) is 0.250. The maximum absolute atomic E-state index is 14.6. The first-order valence-electron chi connectivity index (χ1n) is 13.1. The number of methoxy groups -OCH3 is 1. The summed E-state index contributed by atoms with van der Waals surface area (Å²) in [7, 11) is 1.34. The summed E-state index contributed by atoms with van der Waals surface area (Å²) in [5.41, 5.74) is 0.235. The molecule has 0 saturated heterocycles. The highest BCUT2D eigenvalue weighted by atomic mass is 19.4. The summed E-state index contributed by atoms with van der Waals surface area (Å²) in [6.07, 6.45) is -5.37. The van der Waals surface area contributed by atoms with Crippen molar-refractivity contribution < 1.29 is 46.3 Å². The molecule has 4 aromatic rings. The Balaban J connectivity index is 1.54. The summed E-state index contributed by atoms with van der Waals surface area (Å²) in [5, 5.41) is 17.1. The molecule has 0 fully saturated rings. The van der Waals surface area contributed by atoms with E-state index in [0.29, 0.717) is 17.0 Å². The number of pyridine rings is 1. The lowest BCUT2D eigenvalue weighted by Gasteiger charge is -2.31. The van der Waals surface area contributed by atoms with Crippen molar-refractivity contribution in [1.82, 2.24) is 15.5 Å². The van der Waals surface area contributed by atoms with Crippen LogP contribution in [-0.2, 0) is 15.8 Å². The molecule has 0 bridgehead atoms. The predicted molar refractivity (Wildman–Crippen MR) is 147 cm³/mol. The Bertz CT molecular complexity index is 1760. The minimum Gasteiger partial charge on any atom is -0.496 e. The van der Waals surface area contributed by atoms with Crippen LogP contribution in [0.3, 0.4) is 0 Å². The summed E-state index contributed by atoms with van der Waals surface area (Å²) in [6, 6.07) is 11.3. The molecule has 3 heterocycles. The zero-order valence-electron chi connectivity index (χ0n) is 23.6. The minimum absolute atomic E-state index is 0.0376. The highest BCUT2D eigenvalue weighted by molar-refractivity contribution is 5.95. The smallest absolute Gasteiger partial charge is 0.424 e. The van der Waals surface area contributed by atoms with E-state index in [0.717, 1.165) is 18.2 Å². The largest absolute Gasteiger partial charge is 0.496 e. The van der Waals surface area contributed by atoms with Crippen molar-refractivity contribution >= 4 is 11.8 Å². The summed E-state index contributed by atoms with van der Waals surface area (Å²) < 4.78 is 73.8. The lowest BCUT2D eigenvalue weighted by molar-refractivity contribution is -0.265. The second-order valence-corrected chi connectivity index (χ2v) is 10.5. The van der Waals surface area contributed by atoms with Crippen molar-refractivity contribution in [2.24, 2.45) is 5.73 Å². The van der Waals surface area contributed by atoms with E-state index >= 15 is 0 Å². The number of carbonyl (C=O) groups is 2. The van der Waals surface area contributed by atoms with Gasteiger partial charge in [-0.15, -0.1) is 0 Å². The normalized spacial score (nSPS) is 17.4. The maximum Gasteiger partial charge on any atom is 0.424 e. The number of nitrogens with two attached hydrogens (primary N) is 1. The van der Waals surface area contributed by atoms with Gasteiger partial charge in [0.2, 0.25) is 11.5 Å². The Labute approximate surface area is 247 Å². The van der Waals surface area contributed by atoms with E-state index in [4.69, 9.17) is 19.7 Å². The minimum atomic E-state index is -5.37. The van der Waals surface area contributed by atoms with Crippen molar-refractivity contribution in [1.29, 1.82) is 0 Å². The molecule has 0 spiro atoms. The number of hydrogen-bond donors (Lipinski definition) is 3. The zero-order chi connectivity index (χ0) is 32.0. The molecule has 4 N–H and O–H groups in total. The second-order valence-electron chi connectivity index (χ2n) is 10.5. The van der Waals surface area contributed by atoms with Crippen LogP contribution in [0.1, 0.15) is 34.2 Å². The number of aliphatic hydroxyl groups is 1. The fourth-order valence-electron chi connectivity index (χ4n) is 4.78. The Morgan fingerprint density at radius 1 is 1.14 bits per heavy atom. The number of hydrogen-bond acceptors (Lipinski definition) is 8. The Morgan fingerprint density at radius 2 is 1.84 bits per heavy atom. The Morgan fingerprint density at radius 3 is 2.43 bits per heavy atom. The first kappa shape index (κ1) is 30.5. The van der Waals surface area contributed by atoms with E-state index in [1.807, 2.05) is 0 Å². The van der Waals surface area contributed by atoms with E-state index in [1.165, 1.54) is 44.4 Å². The molecule has 10 nitrogen and oxygen atoms in total. The fourth-order valence-corrected chi connectivity index (χ4v) is 4.78. The van der Waals surface area contributed by atoms with Crippen LogP contribution in [0, 0.1) is 12.7 Å². The number of nitrogens with one attached hydrogen (secondary N) is 1. The van der Waals surface area contributed by atoms with Crippen molar-refractivity contribution in [3.63, 3.8) is 0 Å². The van der Waals surface area contributed by atoms with Gasteiger partial charge in [-0.3, -0.25) is 9.59 Å². The van der Waals surface area contributed by atoms with Gasteiger partial charge >= 0.3 is 6.18 Å². The number of benzene rings is 2. The number of aryl methyl sites for hydroxylation is 1. The first-order chi connectivity index (χ1) is 20.7. The molecular formula is C30H26F4N4O6. The molecule has 2 atom stereocenters. The SMILES string of the molecule is COc1cc(C(=O)NCC(O)(c2cc3c(c(-c4ccc(F)cc4)n2)OC[C@]3(C)C(N)=O)C(F)(F)F)ccc1-c1cc(C)no1. The third kappa shape index (κ3) is 5.21. The first-order valence-corrected chi connectivity index (χ1v) is 13.1. The van der Waals surface area contributed by atoms with Gasteiger partial charge in [0.1, 0.15) is 35.0 Å². The number of alkyl halides is 3. The van der Waals surface area contributed by atoms with Gasteiger partial charge in [0, 0.05) is 22.8 Å². The monoisotopic (exact) mass is 614 g/mol. The number of halogens is 4. The van der Waals surface area contributed by atoms with Crippen molar-refractivity contribution in [2.45, 2.75) is 31.0 Å². The highest BCUT2D eigenvalue weighted by Crippen LogP contribution is 2.47. The number of rotatable bonds is 8. The Kier molecular flexibility index (Phi) is 7.58. The zero-order valence-corrected chi connectivity index (χ0v) is 23.6. The van der Waals surface area contributed by atoms with Gasteiger partial charge in [0.15, 0.2) is 5.76 Å². The molecule has 2 amide bonds. The second kappa shape index (κ2) is 10.9. The van der Waals surface area contributed by atoms with Gasteiger partial charge in [-0.2, -0.15) is 13.2 Å². The fraction of sp³-hybridized carbons (Fsp3) is 0.267. The van der Waals surface area contributed by atoms with Gasteiger partial charge in [0.25, 0.3) is 5.91 Å². The van der Waals surface area contributed by atoms with Crippen LogP contribution >= 0.6 is 0 Å². The third-order valence-corrected chi connectivity index (χ3v) is 7.49. The van der Waals surface area contributed by atoms with Crippen molar-refractivity contribution in [3.05, 3.63) is 82.9 Å². The summed E-state index contributed by atoms with van der Waals surface area (Å²) in [5.74, 6) is -1.96. The Hall–Kier alpha value is -4.98. The van der Waals surface area contributed by atoms with E-state index in [1.54, 1.807) is 13.0 Å². The van der Waals surface area contributed by atoms with E-state index in [2.05, 4.69) is 15.5 Å². The standard InChI is InChI=1S/C30H26F4N4O6/c1-15-10-22(44-38-15)19-9-6-17(11-21(19)42-3)26(39)36-13-29(41,30(32,33)34)23-12-20-25(43-14-28(20,2)27(35)40)24(37-23)16-4-7-18(31)8-5-16/h4-12,41H,13-14H2,1-3H3,(H2,35,40)(H,36,39)/t28-,29?/m0/s1. The van der Waals surface area contributed by atoms with Gasteiger partial charge in [-0.1, -0.05) is 5.16 Å². The summed E-state index contributed by atoms with van der Waals surface area (Å²) in [6.45, 7) is 1.43. The van der Waals surface area contributed by atoms with Crippen LogP contribution in [0.2, 0.25) is 0 Å². The molecular weight excluding hydrogens is 588 g/mol. The van der Waals surface area contributed by atoms with Crippen LogP contribution in [0.5, 0.6) is 11.5 Å². The molecule has 0 aliphatic carbocycles. The highest BCUT2D eigenvalue weighted by Gasteiger charge is 2.57. The topological polar surface area (TPSA) is 150 Å². The summed E-state index contributed by atoms with van der Waals surface area (Å²) >= 11 is 0. The molecule has 44 heavy (non-hydrogen) atoms. The molecule has 2 aromatic carbocycles. The average molecular weight is 615 g/mol. The molecule has 1 unspecified atom stereocenters. The molecule has 2 aromatic heterocycles. The number of nitrogens with zero attached hydrogens (tertiary/aromatic N) is 2. The van der Waals surface area contributed by atoms with Gasteiger partial charge in [-0.05, 0) is 62.4 Å². The van der Waals surface area contributed by atoms with Gasteiger partial charge in [0.05, 0.1) is 30.6 Å². The van der Waals surface area contributed by atoms with E-state index < -0.39 is 47.1 Å². The molecule has 5 rings (SSSR count). The summed E-state index contributed by atoms with van der Waals surface area (Å²) in [4.78, 5) is 29.5. The van der Waals surface area contributed by atoms with Crippen LogP contribution in [0.15, 0.2) is 59.1 Å². The van der Waals surface area contributed by atoms with Crippen LogP contribution in [0.4, 0.5) is 17.6 Å². The van der Waals surface area contributed by atoms with Crippen LogP contribution < -0.4 is 20.5 Å². The van der Waals surface area contributed by atoms with E-state index in [-0.39, 0.29) is 40.5 Å². The molecule has 1 aliphatic heterocycles. The number of fused-ring (bicyclic) bond motifs is 1. The van der Waals surface area contributed by atoms with Crippen LogP contribution in [-0.4, -0.2) is 53.5 Å². The van der Waals surface area contributed by atoms with Crippen LogP contribution in [0.25, 0.3) is 22.6 Å². The predicted octanol–water partition coefficient (Wildman–Crippen LogP) is 4.18. The maximum atomic E-state index is 14.6. The van der Waals surface area contributed by atoms with Gasteiger partial charge < -0.3 is 30.2 Å². The number of amides is 2. The molecule has 14 heteroatoms. The molecule has 1 aliphatic rings. The molecule has 230 valence electrons. The van der Waals surface area contributed by atoms with Gasteiger partial charge in [-0.25, -0.2) is 9.37 Å². The number of carbonyl (C=O) groups excluding carboxylic acids is 2. The number of aromatic nitrogens is 2. The number of primary amides is 1. The average Bonchev–Trinajstić information content (AvgIpc) is 3.58. The molecule has 0 saturated carbocycles.